The third kappa shape index (κ3) is 4.34. The summed E-state index contributed by atoms with van der Waals surface area (Å²) in [4.78, 5) is 14.6. The molecule has 0 bridgehead atoms. The van der Waals surface area contributed by atoms with Crippen LogP contribution in [0.2, 0.25) is 0 Å². The van der Waals surface area contributed by atoms with E-state index in [1.165, 1.54) is 24.4 Å². The van der Waals surface area contributed by atoms with Gasteiger partial charge in [-0.15, -0.1) is 0 Å². The second-order valence-corrected chi connectivity index (χ2v) is 2.59. The van der Waals surface area contributed by atoms with Crippen LogP contribution < -0.4 is 34.7 Å². The van der Waals surface area contributed by atoms with E-state index in [-0.39, 0.29) is 41.3 Å². The quantitative estimate of drug-likeness (QED) is 0.261. The molecule has 1 aromatic heterocycles. The number of allylic oxidation sites excluding steroid dienone is 2. The van der Waals surface area contributed by atoms with E-state index in [4.69, 9.17) is 0 Å². The molecule has 80 valence electrons. The van der Waals surface area contributed by atoms with Crippen LogP contribution in [0.25, 0.3) is 0 Å². The van der Waals surface area contributed by atoms with Crippen LogP contribution in [0.5, 0.6) is 0 Å². The minimum Gasteiger partial charge on any atom is -0.869 e. The summed E-state index contributed by atoms with van der Waals surface area (Å²) in [5.74, 6) is -3.24. The molecule has 1 rings (SSSR count). The van der Waals surface area contributed by atoms with Crippen molar-refractivity contribution in [3.8, 4) is 0 Å². The number of halogens is 3. The smallest absolute Gasteiger partial charge is 0.869 e. The number of aromatic nitrogens is 1. The molecule has 7 heteroatoms. The zero-order valence-electron chi connectivity index (χ0n) is 8.28. The molecule has 0 saturated heterocycles. The molecule has 1 aromatic rings. The molecular formula is C9H5F3NNaO2. The Morgan fingerprint density at radius 3 is 2.44 bits per heavy atom. The number of alkyl halides is 3. The maximum absolute atomic E-state index is 11.8. The zero-order chi connectivity index (χ0) is 11.5. The van der Waals surface area contributed by atoms with Gasteiger partial charge in [-0.25, -0.2) is 0 Å². The molecule has 0 amide bonds. The fraction of sp³-hybridized carbons (Fsp3) is 0.111. The first-order valence-corrected chi connectivity index (χ1v) is 3.82. The largest absolute Gasteiger partial charge is 1.00 e. The van der Waals surface area contributed by atoms with Gasteiger partial charge in [-0.1, -0.05) is 6.07 Å². The van der Waals surface area contributed by atoms with Crippen molar-refractivity contribution >= 4 is 5.78 Å². The van der Waals surface area contributed by atoms with Gasteiger partial charge in [0.25, 0.3) is 0 Å². The van der Waals surface area contributed by atoms with Gasteiger partial charge in [0.05, 0.1) is 0 Å². The molecule has 0 aliphatic carbocycles. The van der Waals surface area contributed by atoms with Crippen molar-refractivity contribution in [3.63, 3.8) is 0 Å². The van der Waals surface area contributed by atoms with Crippen LogP contribution in [0.3, 0.4) is 0 Å². The van der Waals surface area contributed by atoms with Crippen LogP contribution >= 0.6 is 0 Å². The third-order valence-corrected chi connectivity index (χ3v) is 1.46. The molecule has 1 heterocycles. The van der Waals surface area contributed by atoms with E-state index in [1.54, 1.807) is 0 Å². The fourth-order valence-electron chi connectivity index (χ4n) is 0.783. The molecule has 0 N–H and O–H groups in total. The van der Waals surface area contributed by atoms with Crippen LogP contribution in [0, 0.1) is 0 Å². The van der Waals surface area contributed by atoms with Gasteiger partial charge in [0, 0.05) is 6.20 Å². The number of carbonyl (C=O) groups excluding carboxylic acids is 1. The van der Waals surface area contributed by atoms with Gasteiger partial charge in [-0.05, 0) is 24.0 Å². The van der Waals surface area contributed by atoms with E-state index in [1.807, 2.05) is 0 Å². The van der Waals surface area contributed by atoms with Crippen LogP contribution in [-0.4, -0.2) is 16.9 Å². The first-order chi connectivity index (χ1) is 6.91. The number of pyridine rings is 1. The van der Waals surface area contributed by atoms with Gasteiger partial charge in [-0.2, -0.15) is 13.2 Å². The van der Waals surface area contributed by atoms with Crippen LogP contribution in [0.1, 0.15) is 10.5 Å². The van der Waals surface area contributed by atoms with Gasteiger partial charge in [0.2, 0.25) is 5.78 Å². The molecule has 0 aliphatic heterocycles. The van der Waals surface area contributed by atoms with E-state index >= 15 is 0 Å². The molecule has 0 aliphatic rings. The number of hydrogen-bond donors (Lipinski definition) is 0. The molecule has 0 saturated carbocycles. The Bertz CT molecular complexity index is 389. The van der Waals surface area contributed by atoms with Gasteiger partial charge in [-0.3, -0.25) is 9.78 Å². The molecule has 0 unspecified atom stereocenters. The first-order valence-electron chi connectivity index (χ1n) is 3.82. The second-order valence-electron chi connectivity index (χ2n) is 2.59. The topological polar surface area (TPSA) is 53.0 Å². The molecule has 3 nitrogen and oxygen atoms in total. The predicted molar refractivity (Wildman–Crippen MR) is 42.7 cm³/mol. The van der Waals surface area contributed by atoms with Crippen molar-refractivity contribution in [2.75, 3.05) is 0 Å². The Balaban J connectivity index is 0.00000225. The summed E-state index contributed by atoms with van der Waals surface area (Å²) in [6, 6.07) is 4.16. The maximum Gasteiger partial charge on any atom is 1.00 e. The first kappa shape index (κ1) is 15.2. The predicted octanol–water partition coefficient (Wildman–Crippen LogP) is -1.93. The number of ketones is 1. The SMILES string of the molecule is O=C(C=C([O-])C(F)(F)F)c1ccccn1.[Na+]. The monoisotopic (exact) mass is 239 g/mol. The van der Waals surface area contributed by atoms with E-state index in [0.29, 0.717) is 0 Å². The van der Waals surface area contributed by atoms with E-state index < -0.39 is 17.7 Å². The van der Waals surface area contributed by atoms with Crippen molar-refractivity contribution in [1.29, 1.82) is 0 Å². The standard InChI is InChI=1S/C9H6F3NO2.Na/c10-9(11,12)8(15)5-7(14)6-3-1-2-4-13-6;/h1-5,15H;/q;+1/p-1. The van der Waals surface area contributed by atoms with Crippen LogP contribution in [0.15, 0.2) is 36.2 Å². The molecule has 0 fully saturated rings. The van der Waals surface area contributed by atoms with Crippen molar-refractivity contribution in [3.05, 3.63) is 41.9 Å². The minimum atomic E-state index is -5.02. The number of carbonyl (C=O) groups is 1. The number of nitrogens with zero attached hydrogens (tertiary/aromatic N) is 1. The van der Waals surface area contributed by atoms with Crippen molar-refractivity contribution in [1.82, 2.24) is 4.98 Å². The van der Waals surface area contributed by atoms with Crippen molar-refractivity contribution < 1.29 is 52.6 Å². The molecule has 0 radical (unpaired) electrons. The van der Waals surface area contributed by atoms with Crippen LogP contribution in [0.4, 0.5) is 13.2 Å². The Kier molecular flexibility index (Phi) is 5.71. The molecule has 16 heavy (non-hydrogen) atoms. The summed E-state index contributed by atoms with van der Waals surface area (Å²) in [6.07, 6.45) is -3.79. The Labute approximate surface area is 111 Å². The summed E-state index contributed by atoms with van der Waals surface area (Å²) >= 11 is 0. The Morgan fingerprint density at radius 1 is 1.38 bits per heavy atom. The van der Waals surface area contributed by atoms with Crippen molar-refractivity contribution in [2.45, 2.75) is 6.18 Å². The average molecular weight is 239 g/mol. The molecular weight excluding hydrogens is 234 g/mol. The third-order valence-electron chi connectivity index (χ3n) is 1.46. The van der Waals surface area contributed by atoms with Gasteiger partial charge in [0.1, 0.15) is 5.69 Å². The summed E-state index contributed by atoms with van der Waals surface area (Å²) in [7, 11) is 0. The van der Waals surface area contributed by atoms with E-state index in [9.17, 15) is 23.1 Å². The Hall–Kier alpha value is -0.850. The van der Waals surface area contributed by atoms with Gasteiger partial charge >= 0.3 is 35.7 Å². The average Bonchev–Trinajstić information content (AvgIpc) is 2.17. The molecule has 0 atom stereocenters. The maximum atomic E-state index is 11.8. The number of rotatable bonds is 2. The minimum absolute atomic E-state index is 0. The summed E-state index contributed by atoms with van der Waals surface area (Å²) in [5, 5.41) is 10.4. The van der Waals surface area contributed by atoms with Gasteiger partial charge in [0.15, 0.2) is 0 Å². The van der Waals surface area contributed by atoms with Crippen LogP contribution in [-0.2, 0) is 0 Å². The fourth-order valence-corrected chi connectivity index (χ4v) is 0.783. The van der Waals surface area contributed by atoms with Crippen molar-refractivity contribution in [2.24, 2.45) is 0 Å². The molecule has 0 spiro atoms. The second kappa shape index (κ2) is 6.03. The van der Waals surface area contributed by atoms with E-state index in [0.717, 1.165) is 0 Å². The van der Waals surface area contributed by atoms with E-state index in [2.05, 4.69) is 4.98 Å². The van der Waals surface area contributed by atoms with Gasteiger partial charge < -0.3 is 5.11 Å². The normalized spacial score (nSPS) is 11.8. The summed E-state index contributed by atoms with van der Waals surface area (Å²) in [5.41, 5.74) is -0.199. The molecule has 0 aromatic carbocycles. The summed E-state index contributed by atoms with van der Waals surface area (Å²) in [6.45, 7) is 0. The zero-order valence-corrected chi connectivity index (χ0v) is 10.3. The summed E-state index contributed by atoms with van der Waals surface area (Å²) < 4.78 is 35.3. The Morgan fingerprint density at radius 2 is 2.00 bits per heavy atom. The number of hydrogen-bond acceptors (Lipinski definition) is 3.